The number of para-hydroxylation sites is 2. The van der Waals surface area contributed by atoms with Crippen LogP contribution in [0.3, 0.4) is 0 Å². The van der Waals surface area contributed by atoms with Gasteiger partial charge in [-0.15, -0.1) is 0 Å². The van der Waals surface area contributed by atoms with E-state index in [-0.39, 0.29) is 18.2 Å². The first kappa shape index (κ1) is 13.8. The number of carbonyl (C=O) groups is 2. The average molecular weight is 296 g/mol. The Labute approximate surface area is 120 Å². The SMILES string of the molecule is COc1ccccc1NC(=O)CC1SC(=S)NC1=O. The monoisotopic (exact) mass is 296 g/mol. The van der Waals surface area contributed by atoms with Crippen LogP contribution in [0.5, 0.6) is 5.75 Å². The maximum Gasteiger partial charge on any atom is 0.239 e. The van der Waals surface area contributed by atoms with Crippen LogP contribution in [0.2, 0.25) is 0 Å². The van der Waals surface area contributed by atoms with Crippen molar-refractivity contribution in [3.8, 4) is 5.75 Å². The normalized spacial score (nSPS) is 18.1. The zero-order valence-electron chi connectivity index (χ0n) is 10.1. The molecule has 1 fully saturated rings. The number of thiocarbonyl (C=S) groups is 1. The van der Waals surface area contributed by atoms with Crippen LogP contribution in [0.25, 0.3) is 0 Å². The summed E-state index contributed by atoms with van der Waals surface area (Å²) in [5.74, 6) is 0.113. The molecule has 7 heteroatoms. The van der Waals surface area contributed by atoms with Crippen molar-refractivity contribution in [2.45, 2.75) is 11.7 Å². The molecule has 1 saturated heterocycles. The first-order valence-electron chi connectivity index (χ1n) is 5.54. The molecule has 100 valence electrons. The number of methoxy groups -OCH3 is 1. The van der Waals surface area contributed by atoms with Crippen molar-refractivity contribution < 1.29 is 14.3 Å². The summed E-state index contributed by atoms with van der Waals surface area (Å²) in [6.45, 7) is 0. The quantitative estimate of drug-likeness (QED) is 0.825. The van der Waals surface area contributed by atoms with Gasteiger partial charge in [-0.3, -0.25) is 9.59 Å². The molecule has 0 radical (unpaired) electrons. The molecule has 2 rings (SSSR count). The topological polar surface area (TPSA) is 67.4 Å². The molecule has 2 amide bonds. The van der Waals surface area contributed by atoms with E-state index in [1.54, 1.807) is 18.2 Å². The second-order valence-corrected chi connectivity index (χ2v) is 5.72. The van der Waals surface area contributed by atoms with Crippen LogP contribution in [0, 0.1) is 0 Å². The van der Waals surface area contributed by atoms with Gasteiger partial charge in [-0.1, -0.05) is 36.1 Å². The number of nitrogens with one attached hydrogen (secondary N) is 2. The zero-order chi connectivity index (χ0) is 13.8. The fraction of sp³-hybridized carbons (Fsp3) is 0.250. The minimum absolute atomic E-state index is 0.0781. The van der Waals surface area contributed by atoms with E-state index >= 15 is 0 Å². The molecule has 5 nitrogen and oxygen atoms in total. The Morgan fingerprint density at radius 2 is 2.26 bits per heavy atom. The largest absolute Gasteiger partial charge is 0.495 e. The number of benzene rings is 1. The predicted octanol–water partition coefficient (Wildman–Crippen LogP) is 1.54. The van der Waals surface area contributed by atoms with Gasteiger partial charge in [-0.25, -0.2) is 0 Å². The van der Waals surface area contributed by atoms with Gasteiger partial charge in [0.1, 0.15) is 10.1 Å². The smallest absolute Gasteiger partial charge is 0.239 e. The lowest BCUT2D eigenvalue weighted by atomic mass is 10.2. The van der Waals surface area contributed by atoms with Crippen molar-refractivity contribution in [3.05, 3.63) is 24.3 Å². The highest BCUT2D eigenvalue weighted by Gasteiger charge is 2.31. The van der Waals surface area contributed by atoms with Crippen molar-refractivity contribution in [1.29, 1.82) is 0 Å². The van der Waals surface area contributed by atoms with E-state index in [1.807, 2.05) is 6.07 Å². The second-order valence-electron chi connectivity index (χ2n) is 3.84. The van der Waals surface area contributed by atoms with Crippen LogP contribution in [0.4, 0.5) is 5.69 Å². The summed E-state index contributed by atoms with van der Waals surface area (Å²) < 4.78 is 5.55. The summed E-state index contributed by atoms with van der Waals surface area (Å²) in [5.41, 5.74) is 0.584. The molecule has 0 saturated carbocycles. The summed E-state index contributed by atoms with van der Waals surface area (Å²) >= 11 is 6.08. The summed E-state index contributed by atoms with van der Waals surface area (Å²) in [5, 5.41) is 4.78. The molecule has 1 aliphatic rings. The molecule has 1 aromatic rings. The highest BCUT2D eigenvalue weighted by atomic mass is 32.2. The summed E-state index contributed by atoms with van der Waals surface area (Å²) in [7, 11) is 1.53. The molecule has 0 bridgehead atoms. The van der Waals surface area contributed by atoms with Crippen LogP contribution in [-0.2, 0) is 9.59 Å². The van der Waals surface area contributed by atoms with E-state index in [0.29, 0.717) is 15.8 Å². The van der Waals surface area contributed by atoms with Crippen molar-refractivity contribution in [2.24, 2.45) is 0 Å². The molecule has 1 atom stereocenters. The lowest BCUT2D eigenvalue weighted by molar-refractivity contribution is -0.122. The first-order valence-corrected chi connectivity index (χ1v) is 6.83. The maximum atomic E-state index is 11.9. The number of carbonyl (C=O) groups excluding carboxylic acids is 2. The van der Waals surface area contributed by atoms with Gasteiger partial charge in [0.2, 0.25) is 11.8 Å². The summed E-state index contributed by atoms with van der Waals surface area (Å²) in [6, 6.07) is 7.10. The number of amides is 2. The average Bonchev–Trinajstić information content (AvgIpc) is 2.68. The highest BCUT2D eigenvalue weighted by Crippen LogP contribution is 2.25. The maximum absolute atomic E-state index is 11.9. The van der Waals surface area contributed by atoms with Crippen LogP contribution < -0.4 is 15.4 Å². The van der Waals surface area contributed by atoms with Gasteiger partial charge >= 0.3 is 0 Å². The molecular formula is C12H12N2O3S2. The fourth-order valence-electron chi connectivity index (χ4n) is 1.65. The fourth-order valence-corrected chi connectivity index (χ4v) is 2.91. The van der Waals surface area contributed by atoms with Crippen molar-refractivity contribution in [2.75, 3.05) is 12.4 Å². The molecular weight excluding hydrogens is 284 g/mol. The highest BCUT2D eigenvalue weighted by molar-refractivity contribution is 8.24. The summed E-state index contributed by atoms with van der Waals surface area (Å²) in [6.07, 6.45) is 0.0781. The molecule has 2 N–H and O–H groups in total. The Balaban J connectivity index is 1.98. The van der Waals surface area contributed by atoms with E-state index in [4.69, 9.17) is 17.0 Å². The predicted molar refractivity (Wildman–Crippen MR) is 78.4 cm³/mol. The molecule has 0 aliphatic carbocycles. The van der Waals surface area contributed by atoms with E-state index in [0.717, 1.165) is 0 Å². The third-order valence-corrected chi connectivity index (χ3v) is 3.89. The summed E-state index contributed by atoms with van der Waals surface area (Å²) in [4.78, 5) is 23.4. The van der Waals surface area contributed by atoms with Crippen LogP contribution in [0.15, 0.2) is 24.3 Å². The Kier molecular flexibility index (Phi) is 4.39. The Bertz CT molecular complexity index is 533. The van der Waals surface area contributed by atoms with Gasteiger partial charge in [-0.05, 0) is 12.1 Å². The van der Waals surface area contributed by atoms with Crippen molar-refractivity contribution in [3.63, 3.8) is 0 Å². The molecule has 1 aromatic carbocycles. The molecule has 19 heavy (non-hydrogen) atoms. The number of thioether (sulfide) groups is 1. The van der Waals surface area contributed by atoms with E-state index in [9.17, 15) is 9.59 Å². The number of anilines is 1. The number of rotatable bonds is 4. The van der Waals surface area contributed by atoms with Gasteiger partial charge in [-0.2, -0.15) is 0 Å². The van der Waals surface area contributed by atoms with Crippen LogP contribution in [-0.4, -0.2) is 28.5 Å². The van der Waals surface area contributed by atoms with Gasteiger partial charge in [0, 0.05) is 6.42 Å². The molecule has 1 heterocycles. The molecule has 1 aliphatic heterocycles. The van der Waals surface area contributed by atoms with E-state index in [1.165, 1.54) is 18.9 Å². The van der Waals surface area contributed by atoms with Gasteiger partial charge in [0.05, 0.1) is 18.0 Å². The van der Waals surface area contributed by atoms with Gasteiger partial charge in [0.25, 0.3) is 0 Å². The molecule has 1 unspecified atom stereocenters. The van der Waals surface area contributed by atoms with E-state index in [2.05, 4.69) is 10.6 Å². The van der Waals surface area contributed by atoms with Crippen LogP contribution in [0.1, 0.15) is 6.42 Å². The first-order chi connectivity index (χ1) is 9.10. The van der Waals surface area contributed by atoms with Crippen molar-refractivity contribution >= 4 is 45.8 Å². The molecule has 0 aromatic heterocycles. The van der Waals surface area contributed by atoms with Gasteiger partial charge in [0.15, 0.2) is 0 Å². The second kappa shape index (κ2) is 6.03. The lowest BCUT2D eigenvalue weighted by Crippen LogP contribution is -2.27. The zero-order valence-corrected chi connectivity index (χ0v) is 11.8. The van der Waals surface area contributed by atoms with Crippen LogP contribution >= 0.6 is 24.0 Å². The standard InChI is InChI=1S/C12H12N2O3S2/c1-17-8-5-3-2-4-7(8)13-10(15)6-9-11(16)14-12(18)19-9/h2-5,9H,6H2,1H3,(H,13,15)(H,14,16,18). The number of ether oxygens (including phenoxy) is 1. The number of hydrogen-bond acceptors (Lipinski definition) is 5. The third-order valence-electron chi connectivity index (χ3n) is 2.52. The third kappa shape index (κ3) is 3.45. The molecule has 0 spiro atoms. The Morgan fingerprint density at radius 1 is 1.53 bits per heavy atom. The number of hydrogen-bond donors (Lipinski definition) is 2. The Hall–Kier alpha value is -1.60. The van der Waals surface area contributed by atoms with E-state index < -0.39 is 5.25 Å². The van der Waals surface area contributed by atoms with Crippen molar-refractivity contribution in [1.82, 2.24) is 5.32 Å². The minimum atomic E-state index is -0.456. The Morgan fingerprint density at radius 3 is 2.89 bits per heavy atom. The lowest BCUT2D eigenvalue weighted by Gasteiger charge is -2.10. The minimum Gasteiger partial charge on any atom is -0.495 e. The van der Waals surface area contributed by atoms with Gasteiger partial charge < -0.3 is 15.4 Å².